The van der Waals surface area contributed by atoms with E-state index >= 15 is 0 Å². The van der Waals surface area contributed by atoms with Crippen LogP contribution in [-0.2, 0) is 9.47 Å². The first-order valence-corrected chi connectivity index (χ1v) is 2.62. The Balaban J connectivity index is 2.33. The molecule has 0 atom stereocenters. The van der Waals surface area contributed by atoms with Crippen LogP contribution in [0.3, 0.4) is 0 Å². The third-order valence-corrected chi connectivity index (χ3v) is 1.15. The zero-order chi connectivity index (χ0) is 6.91. The van der Waals surface area contributed by atoms with Crippen LogP contribution in [0.2, 0.25) is 0 Å². The summed E-state index contributed by atoms with van der Waals surface area (Å²) in [7, 11) is 0. The van der Waals surface area contributed by atoms with E-state index in [-0.39, 0.29) is 0 Å². The van der Waals surface area contributed by atoms with Gasteiger partial charge in [-0.1, -0.05) is 0 Å². The lowest BCUT2D eigenvalue weighted by Crippen LogP contribution is -2.50. The van der Waals surface area contributed by atoms with Gasteiger partial charge in [0.1, 0.15) is 0 Å². The van der Waals surface area contributed by atoms with Crippen LogP contribution in [-0.4, -0.2) is 30.1 Å². The molecule has 1 fully saturated rings. The quantitative estimate of drug-likeness (QED) is 0.527. The topological polar surface area (TPSA) is 55.8 Å². The number of rotatable bonds is 1. The molecule has 1 aliphatic heterocycles. The lowest BCUT2D eigenvalue weighted by atomic mass is 10.1. The smallest absolute Gasteiger partial charge is 0.450 e. The van der Waals surface area contributed by atoms with Crippen molar-refractivity contribution in [3.05, 3.63) is 0 Å². The van der Waals surface area contributed by atoms with Crippen molar-refractivity contribution in [2.75, 3.05) is 13.2 Å². The van der Waals surface area contributed by atoms with E-state index in [2.05, 4.69) is 4.74 Å². The maximum Gasteiger partial charge on any atom is 0.506 e. The molecule has 0 aromatic heterocycles. The van der Waals surface area contributed by atoms with Crippen molar-refractivity contribution in [2.24, 2.45) is 0 Å². The standard InChI is InChI=1S/C5H8O4/c1-5(2-8-3-5)9-4(6)7/h2-3H2,1H3,(H,6,7). The van der Waals surface area contributed by atoms with Gasteiger partial charge in [0.2, 0.25) is 0 Å². The highest BCUT2D eigenvalue weighted by molar-refractivity contribution is 5.57. The summed E-state index contributed by atoms with van der Waals surface area (Å²) < 4.78 is 9.22. The molecule has 1 saturated heterocycles. The van der Waals surface area contributed by atoms with Gasteiger partial charge in [-0.15, -0.1) is 0 Å². The normalized spacial score (nSPS) is 22.3. The van der Waals surface area contributed by atoms with E-state index in [0.29, 0.717) is 13.2 Å². The molecule has 1 rings (SSSR count). The Morgan fingerprint density at radius 2 is 2.33 bits per heavy atom. The zero-order valence-corrected chi connectivity index (χ0v) is 5.09. The first-order chi connectivity index (χ1) is 4.12. The lowest BCUT2D eigenvalue weighted by molar-refractivity contribution is -0.175. The Morgan fingerprint density at radius 3 is 2.44 bits per heavy atom. The fourth-order valence-corrected chi connectivity index (χ4v) is 0.659. The molecule has 4 heteroatoms. The number of carboxylic acid groups (broad SMARTS) is 1. The van der Waals surface area contributed by atoms with Crippen LogP contribution >= 0.6 is 0 Å². The van der Waals surface area contributed by atoms with Crippen molar-refractivity contribution >= 4 is 6.16 Å². The molecule has 0 amide bonds. The summed E-state index contributed by atoms with van der Waals surface area (Å²) in [6, 6.07) is 0. The van der Waals surface area contributed by atoms with E-state index in [1.54, 1.807) is 6.92 Å². The van der Waals surface area contributed by atoms with Gasteiger partial charge in [-0.05, 0) is 6.92 Å². The largest absolute Gasteiger partial charge is 0.506 e. The zero-order valence-electron chi connectivity index (χ0n) is 5.09. The van der Waals surface area contributed by atoms with Gasteiger partial charge in [-0.3, -0.25) is 0 Å². The molecule has 1 aliphatic rings. The van der Waals surface area contributed by atoms with Crippen molar-refractivity contribution < 1.29 is 19.4 Å². The monoisotopic (exact) mass is 132 g/mol. The highest BCUT2D eigenvalue weighted by Gasteiger charge is 2.37. The fraction of sp³-hybridized carbons (Fsp3) is 0.800. The maximum absolute atomic E-state index is 9.93. The van der Waals surface area contributed by atoms with Gasteiger partial charge in [0.25, 0.3) is 0 Å². The molecule has 4 nitrogen and oxygen atoms in total. The third kappa shape index (κ3) is 1.32. The van der Waals surface area contributed by atoms with Crippen molar-refractivity contribution in [1.82, 2.24) is 0 Å². The molecule has 0 aromatic rings. The summed E-state index contributed by atoms with van der Waals surface area (Å²) in [5.74, 6) is 0. The second kappa shape index (κ2) is 1.88. The molecule has 1 heterocycles. The predicted octanol–water partition coefficient (Wildman–Crippen LogP) is 0.470. The summed E-state index contributed by atoms with van der Waals surface area (Å²) in [6.07, 6.45) is -1.24. The Hall–Kier alpha value is -0.770. The summed E-state index contributed by atoms with van der Waals surface area (Å²) in [5.41, 5.74) is -0.578. The van der Waals surface area contributed by atoms with Crippen LogP contribution in [0.4, 0.5) is 4.79 Å². The van der Waals surface area contributed by atoms with E-state index in [9.17, 15) is 4.79 Å². The lowest BCUT2D eigenvalue weighted by Gasteiger charge is -2.35. The van der Waals surface area contributed by atoms with E-state index < -0.39 is 11.8 Å². The summed E-state index contributed by atoms with van der Waals surface area (Å²) in [5, 5.41) is 8.14. The number of hydrogen-bond acceptors (Lipinski definition) is 3. The van der Waals surface area contributed by atoms with Crippen molar-refractivity contribution in [1.29, 1.82) is 0 Å². The fourth-order valence-electron chi connectivity index (χ4n) is 0.659. The predicted molar refractivity (Wildman–Crippen MR) is 28.3 cm³/mol. The van der Waals surface area contributed by atoms with Gasteiger partial charge < -0.3 is 14.6 Å². The molecule has 0 spiro atoms. The Kier molecular flexibility index (Phi) is 1.32. The molecular formula is C5H8O4. The van der Waals surface area contributed by atoms with Crippen molar-refractivity contribution in [3.63, 3.8) is 0 Å². The van der Waals surface area contributed by atoms with Gasteiger partial charge in [-0.2, -0.15) is 0 Å². The van der Waals surface area contributed by atoms with Crippen molar-refractivity contribution in [2.45, 2.75) is 12.5 Å². The number of ether oxygens (including phenoxy) is 2. The van der Waals surface area contributed by atoms with Crippen LogP contribution in [0, 0.1) is 0 Å². The van der Waals surface area contributed by atoms with Gasteiger partial charge in [0, 0.05) is 0 Å². The summed E-state index contributed by atoms with van der Waals surface area (Å²) >= 11 is 0. The van der Waals surface area contributed by atoms with Gasteiger partial charge in [0.05, 0.1) is 13.2 Å². The number of carbonyl (C=O) groups is 1. The molecule has 0 aliphatic carbocycles. The number of hydrogen-bond donors (Lipinski definition) is 1. The molecule has 0 radical (unpaired) electrons. The van der Waals surface area contributed by atoms with E-state index in [4.69, 9.17) is 9.84 Å². The average Bonchev–Trinajstić information content (AvgIpc) is 1.60. The van der Waals surface area contributed by atoms with Crippen LogP contribution in [0.25, 0.3) is 0 Å². The molecule has 1 N–H and O–H groups in total. The van der Waals surface area contributed by atoms with Crippen LogP contribution < -0.4 is 0 Å². The molecule has 0 unspecified atom stereocenters. The van der Waals surface area contributed by atoms with Gasteiger partial charge in [-0.25, -0.2) is 4.79 Å². The molecule has 9 heavy (non-hydrogen) atoms. The van der Waals surface area contributed by atoms with Crippen LogP contribution in [0.15, 0.2) is 0 Å². The molecule has 0 saturated carbocycles. The van der Waals surface area contributed by atoms with Crippen LogP contribution in [0.5, 0.6) is 0 Å². The molecule has 0 bridgehead atoms. The highest BCUT2D eigenvalue weighted by atomic mass is 16.7. The Bertz CT molecular complexity index is 127. The highest BCUT2D eigenvalue weighted by Crippen LogP contribution is 2.20. The minimum absolute atomic E-state index is 0.374. The molecular weight excluding hydrogens is 124 g/mol. The minimum atomic E-state index is -1.24. The van der Waals surface area contributed by atoms with Gasteiger partial charge >= 0.3 is 6.16 Å². The Morgan fingerprint density at radius 1 is 1.78 bits per heavy atom. The summed E-state index contributed by atoms with van der Waals surface area (Å²) in [4.78, 5) is 9.93. The third-order valence-electron chi connectivity index (χ3n) is 1.15. The van der Waals surface area contributed by atoms with E-state index in [0.717, 1.165) is 0 Å². The van der Waals surface area contributed by atoms with Crippen molar-refractivity contribution in [3.8, 4) is 0 Å². The van der Waals surface area contributed by atoms with Crippen LogP contribution in [0.1, 0.15) is 6.92 Å². The van der Waals surface area contributed by atoms with Gasteiger partial charge in [0.15, 0.2) is 5.60 Å². The SMILES string of the molecule is CC1(OC(=O)O)COC1. The summed E-state index contributed by atoms with van der Waals surface area (Å²) in [6.45, 7) is 2.45. The Labute approximate surface area is 52.4 Å². The minimum Gasteiger partial charge on any atom is -0.450 e. The second-order valence-corrected chi connectivity index (χ2v) is 2.31. The second-order valence-electron chi connectivity index (χ2n) is 2.31. The average molecular weight is 132 g/mol. The van der Waals surface area contributed by atoms with E-state index in [1.807, 2.05) is 0 Å². The maximum atomic E-state index is 9.93. The first kappa shape index (κ1) is 6.35. The molecule has 0 aromatic carbocycles. The first-order valence-electron chi connectivity index (χ1n) is 2.62. The molecule has 52 valence electrons. The van der Waals surface area contributed by atoms with E-state index in [1.165, 1.54) is 0 Å².